The van der Waals surface area contributed by atoms with Crippen LogP contribution < -0.4 is 10.2 Å². The zero-order chi connectivity index (χ0) is 18.8. The third-order valence-corrected chi connectivity index (χ3v) is 5.84. The minimum absolute atomic E-state index is 0.538. The number of rotatable bonds is 3. The Balaban J connectivity index is 1.37. The Hall–Kier alpha value is -2.50. The Morgan fingerprint density at radius 1 is 1.30 bits per heavy atom. The van der Waals surface area contributed by atoms with Crippen LogP contribution >= 0.6 is 0 Å². The molecule has 1 atom stereocenters. The average molecular weight is 367 g/mol. The average Bonchev–Trinajstić information content (AvgIpc) is 3.32. The molecule has 1 unspecified atom stereocenters. The number of hydrogen-bond donors (Lipinski definition) is 1. The Morgan fingerprint density at radius 2 is 2.19 bits per heavy atom. The molecule has 1 fully saturated rings. The van der Waals surface area contributed by atoms with Crippen LogP contribution in [0.3, 0.4) is 0 Å². The number of fused-ring (bicyclic) bond motifs is 1. The van der Waals surface area contributed by atoms with Crippen LogP contribution in [0.25, 0.3) is 0 Å². The topological polar surface area (TPSA) is 48.7 Å². The van der Waals surface area contributed by atoms with Crippen LogP contribution in [0.1, 0.15) is 35.4 Å². The van der Waals surface area contributed by atoms with Gasteiger partial charge < -0.3 is 15.1 Å². The highest BCUT2D eigenvalue weighted by atomic mass is 15.3. The number of guanidine groups is 1. The highest BCUT2D eigenvalue weighted by Gasteiger charge is 2.26. The van der Waals surface area contributed by atoms with Crippen molar-refractivity contribution in [3.05, 3.63) is 47.3 Å². The van der Waals surface area contributed by atoms with E-state index in [0.717, 1.165) is 38.6 Å². The molecule has 2 aliphatic rings. The zero-order valence-corrected chi connectivity index (χ0v) is 16.6. The maximum absolute atomic E-state index is 4.52. The lowest BCUT2D eigenvalue weighted by atomic mass is 9.99. The van der Waals surface area contributed by atoms with Crippen molar-refractivity contribution in [1.82, 2.24) is 20.0 Å². The Kier molecular flexibility index (Phi) is 5.05. The summed E-state index contributed by atoms with van der Waals surface area (Å²) in [5, 5.41) is 7.88. The van der Waals surface area contributed by atoms with Crippen LogP contribution in [0.2, 0.25) is 0 Å². The number of nitrogens with one attached hydrogen (secondary N) is 1. The fourth-order valence-electron chi connectivity index (χ4n) is 4.34. The molecular weight excluding hydrogens is 336 g/mol. The van der Waals surface area contributed by atoms with Crippen molar-refractivity contribution in [3.63, 3.8) is 0 Å². The standard InChI is InChI=1S/C21H30N6/c1-22-21(27-10-8-18(15-27)19-13-24-26(3)14-19)23-12-16-6-7-20-17(11-16)5-4-9-25(20)2/h6-7,11,13-14,18H,4-5,8-10,12,15H2,1-3H3,(H,22,23). The quantitative estimate of drug-likeness (QED) is 0.669. The molecule has 6 nitrogen and oxygen atoms in total. The molecule has 6 heteroatoms. The van der Waals surface area contributed by atoms with Gasteiger partial charge >= 0.3 is 0 Å². The summed E-state index contributed by atoms with van der Waals surface area (Å²) in [5.74, 6) is 1.53. The van der Waals surface area contributed by atoms with E-state index in [1.807, 2.05) is 25.0 Å². The first-order chi connectivity index (χ1) is 13.1. The number of aliphatic imine (C=N–C) groups is 1. The third-order valence-electron chi connectivity index (χ3n) is 5.84. The molecule has 144 valence electrons. The largest absolute Gasteiger partial charge is 0.374 e. The molecule has 1 saturated heterocycles. The maximum atomic E-state index is 4.52. The van der Waals surface area contributed by atoms with Crippen LogP contribution in [0.4, 0.5) is 5.69 Å². The molecule has 0 bridgehead atoms. The van der Waals surface area contributed by atoms with Crippen molar-refractivity contribution >= 4 is 11.6 Å². The molecule has 1 N–H and O–H groups in total. The predicted octanol–water partition coefficient (Wildman–Crippen LogP) is 2.37. The number of aryl methyl sites for hydroxylation is 2. The maximum Gasteiger partial charge on any atom is 0.193 e. The van der Waals surface area contributed by atoms with Crippen LogP contribution in [0, 0.1) is 0 Å². The minimum atomic E-state index is 0.538. The molecule has 0 aliphatic carbocycles. The van der Waals surface area contributed by atoms with Gasteiger partial charge in [-0.3, -0.25) is 9.67 Å². The van der Waals surface area contributed by atoms with E-state index in [1.54, 1.807) is 0 Å². The molecular formula is C21H30N6. The lowest BCUT2D eigenvalue weighted by Gasteiger charge is -2.28. The fraction of sp³-hybridized carbons (Fsp3) is 0.524. The summed E-state index contributed by atoms with van der Waals surface area (Å²) in [6.45, 7) is 4.01. The van der Waals surface area contributed by atoms with Crippen molar-refractivity contribution in [1.29, 1.82) is 0 Å². The van der Waals surface area contributed by atoms with Gasteiger partial charge in [-0.05, 0) is 42.0 Å². The Morgan fingerprint density at radius 3 is 2.96 bits per heavy atom. The molecule has 27 heavy (non-hydrogen) atoms. The number of anilines is 1. The van der Waals surface area contributed by atoms with Crippen LogP contribution in [-0.4, -0.2) is 54.4 Å². The molecule has 2 aromatic rings. The van der Waals surface area contributed by atoms with Gasteiger partial charge in [0, 0.05) is 65.1 Å². The summed E-state index contributed by atoms with van der Waals surface area (Å²) in [7, 11) is 6.04. The highest BCUT2D eigenvalue weighted by molar-refractivity contribution is 5.80. The van der Waals surface area contributed by atoms with Crippen LogP contribution in [0.15, 0.2) is 35.6 Å². The second-order valence-electron chi connectivity index (χ2n) is 7.77. The molecule has 0 radical (unpaired) electrons. The summed E-state index contributed by atoms with van der Waals surface area (Å²) >= 11 is 0. The van der Waals surface area contributed by atoms with Crippen molar-refractivity contribution in [2.75, 3.05) is 38.6 Å². The van der Waals surface area contributed by atoms with Gasteiger partial charge in [0.2, 0.25) is 0 Å². The van der Waals surface area contributed by atoms with Gasteiger partial charge in [0.05, 0.1) is 6.20 Å². The first kappa shape index (κ1) is 17.9. The SMILES string of the molecule is CN=C(NCc1ccc2c(c1)CCCN2C)N1CCC(c2cnn(C)c2)C1. The second-order valence-corrected chi connectivity index (χ2v) is 7.77. The van der Waals surface area contributed by atoms with Gasteiger partial charge in [-0.25, -0.2) is 0 Å². The minimum Gasteiger partial charge on any atom is -0.374 e. The summed E-state index contributed by atoms with van der Waals surface area (Å²) in [4.78, 5) is 9.24. The van der Waals surface area contributed by atoms with E-state index in [1.165, 1.54) is 35.2 Å². The van der Waals surface area contributed by atoms with Gasteiger partial charge in [-0.1, -0.05) is 12.1 Å². The molecule has 0 saturated carbocycles. The number of likely N-dealkylation sites (tertiary alicyclic amines) is 1. The lowest BCUT2D eigenvalue weighted by Crippen LogP contribution is -2.39. The van der Waals surface area contributed by atoms with E-state index in [2.05, 4.69) is 56.7 Å². The summed E-state index contributed by atoms with van der Waals surface area (Å²) < 4.78 is 1.89. The smallest absolute Gasteiger partial charge is 0.193 e. The van der Waals surface area contributed by atoms with Crippen molar-refractivity contribution < 1.29 is 0 Å². The van der Waals surface area contributed by atoms with Gasteiger partial charge in [-0.15, -0.1) is 0 Å². The van der Waals surface area contributed by atoms with Crippen molar-refractivity contribution in [2.45, 2.75) is 31.7 Å². The Bertz CT molecular complexity index is 824. The first-order valence-corrected chi connectivity index (χ1v) is 9.91. The van der Waals surface area contributed by atoms with Gasteiger partial charge in [-0.2, -0.15) is 5.10 Å². The van der Waals surface area contributed by atoms with Crippen LogP contribution in [0.5, 0.6) is 0 Å². The first-order valence-electron chi connectivity index (χ1n) is 9.91. The van der Waals surface area contributed by atoms with E-state index in [-0.39, 0.29) is 0 Å². The van der Waals surface area contributed by atoms with E-state index in [0.29, 0.717) is 5.92 Å². The van der Waals surface area contributed by atoms with Crippen molar-refractivity contribution in [2.24, 2.45) is 12.0 Å². The van der Waals surface area contributed by atoms with Gasteiger partial charge in [0.15, 0.2) is 5.96 Å². The fourth-order valence-corrected chi connectivity index (χ4v) is 4.34. The van der Waals surface area contributed by atoms with E-state index in [4.69, 9.17) is 0 Å². The monoisotopic (exact) mass is 366 g/mol. The second kappa shape index (κ2) is 7.62. The highest BCUT2D eigenvalue weighted by Crippen LogP contribution is 2.28. The predicted molar refractivity (Wildman–Crippen MR) is 110 cm³/mol. The third kappa shape index (κ3) is 3.80. The number of aromatic nitrogens is 2. The number of benzene rings is 1. The normalized spacial score (nSPS) is 20.1. The summed E-state index contributed by atoms with van der Waals surface area (Å²) in [6.07, 6.45) is 7.70. The molecule has 2 aliphatic heterocycles. The molecule has 0 amide bonds. The zero-order valence-electron chi connectivity index (χ0n) is 16.6. The number of hydrogen-bond acceptors (Lipinski definition) is 3. The molecule has 0 spiro atoms. The van der Waals surface area contributed by atoms with Gasteiger partial charge in [0.25, 0.3) is 0 Å². The molecule has 1 aromatic carbocycles. The lowest BCUT2D eigenvalue weighted by molar-refractivity contribution is 0.486. The summed E-state index contributed by atoms with van der Waals surface area (Å²) in [6, 6.07) is 6.86. The molecule has 3 heterocycles. The van der Waals surface area contributed by atoms with E-state index in [9.17, 15) is 0 Å². The summed E-state index contributed by atoms with van der Waals surface area (Å²) in [5.41, 5.74) is 5.51. The number of nitrogens with zero attached hydrogens (tertiary/aromatic N) is 5. The molecule has 1 aromatic heterocycles. The van der Waals surface area contributed by atoms with E-state index >= 15 is 0 Å². The molecule has 4 rings (SSSR count). The Labute approximate surface area is 161 Å². The van der Waals surface area contributed by atoms with Crippen molar-refractivity contribution in [3.8, 4) is 0 Å². The van der Waals surface area contributed by atoms with Gasteiger partial charge in [0.1, 0.15) is 0 Å². The van der Waals surface area contributed by atoms with Crippen LogP contribution in [-0.2, 0) is 20.0 Å². The van der Waals surface area contributed by atoms with E-state index < -0.39 is 0 Å².